The van der Waals surface area contributed by atoms with Gasteiger partial charge in [-0.25, -0.2) is 5.56 Å². The second-order valence-corrected chi connectivity index (χ2v) is 13.3. The van der Waals surface area contributed by atoms with Gasteiger partial charge in [-0.2, -0.15) is 42.0 Å². The Morgan fingerprint density at radius 1 is 0.471 bits per heavy atom. The fourth-order valence-corrected chi connectivity index (χ4v) is 7.48. The molecule has 0 amide bonds. The summed E-state index contributed by atoms with van der Waals surface area (Å²) in [7, 11) is 0. The van der Waals surface area contributed by atoms with Crippen molar-refractivity contribution in [3.63, 3.8) is 0 Å². The number of hydrogen-bond donors (Lipinski definition) is 0. The maximum absolute atomic E-state index is 5.22. The summed E-state index contributed by atoms with van der Waals surface area (Å²) >= 11 is 1.66. The zero-order valence-corrected chi connectivity index (χ0v) is 30.3. The van der Waals surface area contributed by atoms with Gasteiger partial charge in [-0.1, -0.05) is 133 Å². The zero-order chi connectivity index (χ0) is 33.3. The van der Waals surface area contributed by atoms with Crippen molar-refractivity contribution in [2.24, 2.45) is 0 Å². The van der Waals surface area contributed by atoms with Gasteiger partial charge in [-0.3, -0.25) is 4.98 Å². The number of pyridine rings is 1. The van der Waals surface area contributed by atoms with Crippen LogP contribution in [0.25, 0.3) is 77.6 Å². The van der Waals surface area contributed by atoms with Gasteiger partial charge in [0, 0.05) is 10.6 Å². The van der Waals surface area contributed by atoms with Gasteiger partial charge in [-0.15, -0.1) is 28.7 Å². The van der Waals surface area contributed by atoms with Crippen molar-refractivity contribution in [1.29, 1.82) is 0 Å². The molecular formula is C47H29AuN2S. The van der Waals surface area contributed by atoms with E-state index in [4.69, 9.17) is 9.97 Å². The molecule has 0 unspecified atom stereocenters. The van der Waals surface area contributed by atoms with E-state index in [1.165, 1.54) is 16.7 Å². The molecule has 0 saturated carbocycles. The monoisotopic (exact) mass is 850 g/mol. The van der Waals surface area contributed by atoms with E-state index in [-0.39, 0.29) is 22.4 Å². The molecule has 2 nitrogen and oxygen atoms in total. The third kappa shape index (κ3) is 6.73. The first-order valence-electron chi connectivity index (χ1n) is 16.7. The molecule has 0 atom stereocenters. The quantitative estimate of drug-likeness (QED) is 0.118. The number of aromatic nitrogens is 2. The van der Waals surface area contributed by atoms with Gasteiger partial charge in [0.1, 0.15) is 0 Å². The van der Waals surface area contributed by atoms with Gasteiger partial charge < -0.3 is 4.98 Å². The Morgan fingerprint density at radius 2 is 1.10 bits per heavy atom. The summed E-state index contributed by atoms with van der Waals surface area (Å²) in [4.78, 5) is 11.5. The third-order valence-electron chi connectivity index (χ3n) is 9.00. The van der Waals surface area contributed by atoms with Crippen molar-refractivity contribution in [3.8, 4) is 55.8 Å². The van der Waals surface area contributed by atoms with E-state index < -0.39 is 0 Å². The van der Waals surface area contributed by atoms with Crippen LogP contribution in [0.2, 0.25) is 0 Å². The summed E-state index contributed by atoms with van der Waals surface area (Å²) in [5, 5.41) is 3.20. The molecule has 0 bridgehead atoms. The third-order valence-corrected chi connectivity index (χ3v) is 9.97. The Labute approximate surface area is 317 Å². The van der Waals surface area contributed by atoms with Gasteiger partial charge in [0.05, 0.1) is 5.03 Å². The van der Waals surface area contributed by atoms with Crippen LogP contribution in [0.5, 0.6) is 0 Å². The molecule has 0 aliphatic heterocycles. The van der Waals surface area contributed by atoms with Crippen LogP contribution in [0.15, 0.2) is 186 Å². The molecule has 2 heterocycles. The Balaban J connectivity index is 0.00000374. The summed E-state index contributed by atoms with van der Waals surface area (Å²) in [5.74, 6) is 0. The van der Waals surface area contributed by atoms with Gasteiger partial charge in [0.25, 0.3) is 0 Å². The molecule has 0 fully saturated rings. The molecule has 51 heavy (non-hydrogen) atoms. The molecule has 2 aromatic heterocycles. The second kappa shape index (κ2) is 14.4. The van der Waals surface area contributed by atoms with Crippen molar-refractivity contribution in [3.05, 3.63) is 188 Å². The number of rotatable bonds is 7. The number of benzene rings is 7. The second-order valence-electron chi connectivity index (χ2n) is 12.2. The van der Waals surface area contributed by atoms with Crippen molar-refractivity contribution < 1.29 is 22.4 Å². The molecular weight excluding hydrogens is 822 g/mol. The standard InChI is InChI=1S/C47H29N2S.Au/c1-5-14-32(15-6-1)36-24-25-44-41(29-36)42-30-39(35-20-11-4-12-21-35)31-45(47(42)49-44)50-46-23-13-22-43(48-46)40-27-37(33-16-7-2-8-17-33)26-38(28-40)34-18-9-3-10-19-34;/h1-18,20-27,29-31H;/q-3;+3. The predicted molar refractivity (Wildman–Crippen MR) is 208 cm³/mol. The van der Waals surface area contributed by atoms with Gasteiger partial charge >= 0.3 is 22.4 Å². The van der Waals surface area contributed by atoms with E-state index in [0.717, 1.165) is 70.8 Å². The molecule has 9 aromatic rings. The molecule has 0 spiro atoms. The van der Waals surface area contributed by atoms with Crippen LogP contribution in [0.3, 0.4) is 0 Å². The van der Waals surface area contributed by atoms with Gasteiger partial charge in [0.2, 0.25) is 0 Å². The average Bonchev–Trinajstić information content (AvgIpc) is 3.57. The van der Waals surface area contributed by atoms with Crippen molar-refractivity contribution in [2.75, 3.05) is 0 Å². The summed E-state index contributed by atoms with van der Waals surface area (Å²) in [5.41, 5.74) is 12.7. The minimum Gasteiger partial charge on any atom is -0.656 e. The summed E-state index contributed by atoms with van der Waals surface area (Å²) in [6.07, 6.45) is 0. The Kier molecular flexibility index (Phi) is 9.28. The fourth-order valence-electron chi connectivity index (χ4n) is 6.53. The van der Waals surface area contributed by atoms with Gasteiger partial charge in [0.15, 0.2) is 0 Å². The van der Waals surface area contributed by atoms with Crippen LogP contribution >= 0.6 is 11.8 Å². The maximum Gasteiger partial charge on any atom is 3.00 e. The summed E-state index contributed by atoms with van der Waals surface area (Å²) in [6, 6.07) is 68.4. The first-order chi connectivity index (χ1) is 24.7. The molecule has 0 saturated heterocycles. The first-order valence-corrected chi connectivity index (χ1v) is 17.5. The van der Waals surface area contributed by atoms with Crippen molar-refractivity contribution in [2.45, 2.75) is 9.92 Å². The zero-order valence-electron chi connectivity index (χ0n) is 27.3. The summed E-state index contributed by atoms with van der Waals surface area (Å²) in [6.45, 7) is 0. The average molecular weight is 851 g/mol. The molecule has 0 aliphatic rings. The van der Waals surface area contributed by atoms with Crippen LogP contribution in [-0.4, -0.2) is 4.98 Å². The van der Waals surface area contributed by atoms with E-state index in [0.29, 0.717) is 0 Å². The van der Waals surface area contributed by atoms with Crippen LogP contribution in [0.1, 0.15) is 0 Å². The minimum absolute atomic E-state index is 0. The van der Waals surface area contributed by atoms with Crippen LogP contribution in [0.4, 0.5) is 0 Å². The number of fused-ring (bicyclic) bond motifs is 3. The van der Waals surface area contributed by atoms with E-state index >= 15 is 0 Å². The fraction of sp³-hybridized carbons (Fsp3) is 0. The molecule has 0 N–H and O–H groups in total. The van der Waals surface area contributed by atoms with E-state index in [1.54, 1.807) is 11.8 Å². The molecule has 7 aromatic carbocycles. The summed E-state index contributed by atoms with van der Waals surface area (Å²) < 4.78 is 0. The van der Waals surface area contributed by atoms with Crippen molar-refractivity contribution >= 4 is 33.6 Å². The molecule has 244 valence electrons. The molecule has 0 aliphatic carbocycles. The van der Waals surface area contributed by atoms with E-state index in [1.807, 2.05) is 24.3 Å². The smallest absolute Gasteiger partial charge is 0.656 e. The van der Waals surface area contributed by atoms with E-state index in [9.17, 15) is 0 Å². The first kappa shape index (κ1) is 32.8. The Bertz CT molecular complexity index is 2540. The SMILES string of the molecule is [Au+3].[c-]1ccccc1-c1[c-]c(-c2cccc(Sc3cc(-c4ccccc4)cc4c3[n-]c3ccc(-c5ccccc5)cc34)n2)cc(-c2ccccc2)c1. The largest absolute Gasteiger partial charge is 3.00 e. The van der Waals surface area contributed by atoms with Crippen molar-refractivity contribution in [1.82, 2.24) is 9.97 Å². The molecule has 9 rings (SSSR count). The Hall–Kier alpha value is -5.42. The number of nitrogens with zero attached hydrogens (tertiary/aromatic N) is 2. The Morgan fingerprint density at radius 3 is 1.78 bits per heavy atom. The molecule has 0 radical (unpaired) electrons. The van der Waals surface area contributed by atoms with Crippen LogP contribution in [-0.2, 0) is 22.4 Å². The maximum atomic E-state index is 5.22. The van der Waals surface area contributed by atoms with Gasteiger partial charge in [-0.05, 0) is 62.9 Å². The van der Waals surface area contributed by atoms with Crippen LogP contribution in [0, 0.1) is 12.1 Å². The molecule has 4 heteroatoms. The normalized spacial score (nSPS) is 11.1. The minimum atomic E-state index is 0. The van der Waals surface area contributed by atoms with E-state index in [2.05, 4.69) is 164 Å². The number of hydrogen-bond acceptors (Lipinski definition) is 2. The van der Waals surface area contributed by atoms with Crippen LogP contribution < -0.4 is 4.98 Å². The predicted octanol–water partition coefficient (Wildman–Crippen LogP) is 12.4. The topological polar surface area (TPSA) is 27.0 Å².